The van der Waals surface area contributed by atoms with E-state index >= 15 is 0 Å². The van der Waals surface area contributed by atoms with Crippen LogP contribution in [0.2, 0.25) is 0 Å². The molecule has 1 aliphatic carbocycles. The summed E-state index contributed by atoms with van der Waals surface area (Å²) in [6, 6.07) is 52.4. The zero-order valence-electron chi connectivity index (χ0n) is 31.0. The summed E-state index contributed by atoms with van der Waals surface area (Å²) in [5.74, 6) is 1.62. The molecule has 5 heteroatoms. The maximum atomic E-state index is 5.19. The van der Waals surface area contributed by atoms with E-state index in [1.165, 1.54) is 48.0 Å². The highest BCUT2D eigenvalue weighted by Crippen LogP contribution is 2.50. The molecule has 2 aliphatic rings. The summed E-state index contributed by atoms with van der Waals surface area (Å²) in [7, 11) is 0. The molecule has 56 heavy (non-hydrogen) atoms. The van der Waals surface area contributed by atoms with Crippen LogP contribution in [0.1, 0.15) is 30.5 Å². The number of nitrogens with zero attached hydrogens (tertiary/aromatic N) is 3. The molecule has 1 aliphatic heterocycles. The summed E-state index contributed by atoms with van der Waals surface area (Å²) in [6.45, 7) is 5.41. The molecular formula is C51H36N4S. The first-order valence-corrected chi connectivity index (χ1v) is 20.0. The first kappa shape index (κ1) is 32.7. The topological polar surface area (TPSA) is 50.7 Å². The monoisotopic (exact) mass is 736 g/mol. The third-order valence-electron chi connectivity index (χ3n) is 11.6. The van der Waals surface area contributed by atoms with Gasteiger partial charge in [0.25, 0.3) is 0 Å². The van der Waals surface area contributed by atoms with Gasteiger partial charge in [-0.3, -0.25) is 0 Å². The first-order valence-electron chi connectivity index (χ1n) is 19.1. The zero-order valence-corrected chi connectivity index (χ0v) is 31.9. The third-order valence-corrected chi connectivity index (χ3v) is 12.7. The van der Waals surface area contributed by atoms with Crippen molar-refractivity contribution in [2.75, 3.05) is 11.9 Å². The van der Waals surface area contributed by atoms with Crippen molar-refractivity contribution >= 4 is 43.4 Å². The summed E-state index contributed by atoms with van der Waals surface area (Å²) >= 11 is 1.84. The number of hydrogen-bond donors (Lipinski definition) is 1. The first-order chi connectivity index (χ1) is 27.5. The van der Waals surface area contributed by atoms with Gasteiger partial charge in [0.2, 0.25) is 0 Å². The van der Waals surface area contributed by atoms with E-state index in [1.807, 2.05) is 35.7 Å². The molecule has 0 saturated carbocycles. The van der Waals surface area contributed by atoms with Gasteiger partial charge in [0.15, 0.2) is 5.82 Å². The van der Waals surface area contributed by atoms with E-state index in [2.05, 4.69) is 159 Å². The van der Waals surface area contributed by atoms with E-state index in [0.717, 1.165) is 62.7 Å². The van der Waals surface area contributed by atoms with Gasteiger partial charge < -0.3 is 5.32 Å². The summed E-state index contributed by atoms with van der Waals surface area (Å²) in [4.78, 5) is 15.3. The molecule has 0 saturated heterocycles. The fourth-order valence-electron chi connectivity index (χ4n) is 8.72. The van der Waals surface area contributed by atoms with Gasteiger partial charge in [-0.15, -0.1) is 11.3 Å². The Labute approximate surface area is 329 Å². The van der Waals surface area contributed by atoms with Crippen molar-refractivity contribution in [2.45, 2.75) is 19.3 Å². The van der Waals surface area contributed by atoms with E-state index in [0.29, 0.717) is 5.82 Å². The average Bonchev–Trinajstić information content (AvgIpc) is 3.74. The molecule has 0 unspecified atom stereocenters. The molecule has 0 spiro atoms. The van der Waals surface area contributed by atoms with Crippen LogP contribution in [0, 0.1) is 0 Å². The van der Waals surface area contributed by atoms with Crippen molar-refractivity contribution in [3.63, 3.8) is 0 Å². The minimum Gasteiger partial charge on any atom is -0.366 e. The number of hydrogen-bond acceptors (Lipinski definition) is 5. The molecule has 4 nitrogen and oxygen atoms in total. The predicted molar refractivity (Wildman–Crippen MR) is 235 cm³/mol. The molecule has 266 valence electrons. The van der Waals surface area contributed by atoms with Crippen molar-refractivity contribution in [1.82, 2.24) is 15.0 Å². The van der Waals surface area contributed by atoms with Crippen LogP contribution in [0.5, 0.6) is 0 Å². The zero-order chi connectivity index (χ0) is 37.4. The van der Waals surface area contributed by atoms with E-state index in [-0.39, 0.29) is 5.41 Å². The Morgan fingerprint density at radius 1 is 0.554 bits per heavy atom. The van der Waals surface area contributed by atoms with Gasteiger partial charge in [0.05, 0.1) is 11.4 Å². The molecule has 0 atom stereocenters. The number of pyridine rings is 1. The van der Waals surface area contributed by atoms with Gasteiger partial charge in [0.1, 0.15) is 5.82 Å². The second-order valence-electron chi connectivity index (χ2n) is 15.2. The molecule has 0 bridgehead atoms. The van der Waals surface area contributed by atoms with Gasteiger partial charge in [-0.2, -0.15) is 0 Å². The number of benzene rings is 6. The summed E-state index contributed by atoms with van der Waals surface area (Å²) in [5.41, 5.74) is 15.8. The standard InChI is InChI=1S/C51H36N4S/c1-51(2)42-16-8-6-13-36(42)37-24-22-35(28-43(37)51)45-29-44(54-49(55-45)33-11-4-3-5-12-33)31-18-20-32(21-19-31)48-39-15-10-26-52-50(39)53-30-41(48)34-23-25-47-40(27-34)38-14-7-9-17-46(38)56-47/h3-25,27-30H,26H2,1-2H3,(H,52,53). The van der Waals surface area contributed by atoms with Gasteiger partial charge in [-0.05, 0) is 63.7 Å². The molecule has 11 rings (SSSR count). The fraction of sp³-hybridized carbons (Fsp3) is 0.0784. The lowest BCUT2D eigenvalue weighted by Gasteiger charge is -2.22. The van der Waals surface area contributed by atoms with E-state index < -0.39 is 0 Å². The molecule has 0 fully saturated rings. The lowest BCUT2D eigenvalue weighted by Crippen LogP contribution is -2.14. The van der Waals surface area contributed by atoms with Crippen LogP contribution < -0.4 is 5.32 Å². The summed E-state index contributed by atoms with van der Waals surface area (Å²) < 4.78 is 2.60. The summed E-state index contributed by atoms with van der Waals surface area (Å²) in [6.07, 6.45) is 6.42. The Kier molecular flexibility index (Phi) is 7.41. The highest BCUT2D eigenvalue weighted by atomic mass is 32.1. The van der Waals surface area contributed by atoms with Gasteiger partial charge in [-0.1, -0.05) is 141 Å². The van der Waals surface area contributed by atoms with Crippen LogP contribution in [0.25, 0.3) is 93.5 Å². The van der Waals surface area contributed by atoms with E-state index in [4.69, 9.17) is 15.0 Å². The fourth-order valence-corrected chi connectivity index (χ4v) is 9.80. The van der Waals surface area contributed by atoms with Crippen molar-refractivity contribution < 1.29 is 0 Å². The molecule has 3 aromatic heterocycles. The van der Waals surface area contributed by atoms with Gasteiger partial charge >= 0.3 is 0 Å². The highest BCUT2D eigenvalue weighted by Gasteiger charge is 2.35. The van der Waals surface area contributed by atoms with E-state index in [1.54, 1.807) is 0 Å². The van der Waals surface area contributed by atoms with Crippen molar-refractivity contribution in [3.8, 4) is 67.3 Å². The van der Waals surface area contributed by atoms with Crippen LogP contribution in [-0.4, -0.2) is 21.5 Å². The number of anilines is 1. The van der Waals surface area contributed by atoms with Crippen LogP contribution >= 0.6 is 11.3 Å². The normalized spacial score (nSPS) is 13.7. The third kappa shape index (κ3) is 5.23. The Balaban J connectivity index is 1.03. The number of rotatable bonds is 5. The van der Waals surface area contributed by atoms with Gasteiger partial charge in [-0.25, -0.2) is 15.0 Å². The quantitative estimate of drug-likeness (QED) is 0.191. The Bertz CT molecular complexity index is 3050. The Hall–Kier alpha value is -6.69. The maximum Gasteiger partial charge on any atom is 0.160 e. The SMILES string of the molecule is CC1(C)c2ccccc2-c2ccc(-c3cc(-c4ccc(-c5c(-c6ccc7sc8ccccc8c7c6)cnc6c5C=CCN6)cc4)nc(-c4ccccc4)n3)cc21. The maximum absolute atomic E-state index is 5.19. The molecule has 1 N–H and O–H groups in total. The molecule has 0 radical (unpaired) electrons. The lowest BCUT2D eigenvalue weighted by atomic mass is 9.82. The van der Waals surface area contributed by atoms with E-state index in [9.17, 15) is 0 Å². The van der Waals surface area contributed by atoms with Crippen molar-refractivity contribution in [2.24, 2.45) is 0 Å². The number of thiophene rings is 1. The minimum atomic E-state index is -0.102. The predicted octanol–water partition coefficient (Wildman–Crippen LogP) is 13.3. The largest absolute Gasteiger partial charge is 0.366 e. The lowest BCUT2D eigenvalue weighted by molar-refractivity contribution is 0.660. The Morgan fingerprint density at radius 3 is 2.12 bits per heavy atom. The average molecular weight is 737 g/mol. The van der Waals surface area contributed by atoms with Gasteiger partial charge in [0, 0.05) is 71.7 Å². The molecular weight excluding hydrogens is 701 g/mol. The molecule has 6 aromatic carbocycles. The van der Waals surface area contributed by atoms with Crippen molar-refractivity contribution in [1.29, 1.82) is 0 Å². The number of nitrogens with one attached hydrogen (secondary N) is 1. The van der Waals surface area contributed by atoms with Crippen LogP contribution in [0.15, 0.2) is 158 Å². The van der Waals surface area contributed by atoms with Crippen molar-refractivity contribution in [3.05, 3.63) is 175 Å². The molecule has 0 amide bonds. The Morgan fingerprint density at radius 2 is 1.25 bits per heavy atom. The smallest absolute Gasteiger partial charge is 0.160 e. The second kappa shape index (κ2) is 12.7. The highest BCUT2D eigenvalue weighted by molar-refractivity contribution is 7.25. The molecule has 4 heterocycles. The second-order valence-corrected chi connectivity index (χ2v) is 16.3. The van der Waals surface area contributed by atoms with Crippen LogP contribution in [0.3, 0.4) is 0 Å². The molecule has 9 aromatic rings. The number of fused-ring (bicyclic) bond motifs is 7. The minimum absolute atomic E-state index is 0.102. The summed E-state index contributed by atoms with van der Waals surface area (Å²) in [5, 5.41) is 6.07. The van der Waals surface area contributed by atoms with Crippen LogP contribution in [-0.2, 0) is 5.41 Å². The van der Waals surface area contributed by atoms with Crippen LogP contribution in [0.4, 0.5) is 5.82 Å². The number of aromatic nitrogens is 3.